The Labute approximate surface area is 159 Å². The molecule has 7 nitrogen and oxygen atoms in total. The van der Waals surface area contributed by atoms with Crippen LogP contribution in [0.2, 0.25) is 0 Å². The average molecular weight is 376 g/mol. The highest BCUT2D eigenvalue weighted by molar-refractivity contribution is 5.95. The molecule has 0 bridgehead atoms. The molecule has 28 heavy (non-hydrogen) atoms. The van der Waals surface area contributed by atoms with E-state index >= 15 is 0 Å². The van der Waals surface area contributed by atoms with Crippen LogP contribution in [0.3, 0.4) is 0 Å². The van der Waals surface area contributed by atoms with E-state index in [1.54, 1.807) is 41.1 Å². The number of halogens is 1. The Balaban J connectivity index is 1.74. The maximum atomic E-state index is 13.9. The van der Waals surface area contributed by atoms with Crippen molar-refractivity contribution in [3.63, 3.8) is 0 Å². The van der Waals surface area contributed by atoms with Gasteiger partial charge in [0.05, 0.1) is 34.7 Å². The molecule has 0 atom stereocenters. The van der Waals surface area contributed by atoms with Crippen molar-refractivity contribution >= 4 is 18.1 Å². The summed E-state index contributed by atoms with van der Waals surface area (Å²) in [7, 11) is 0. The largest absolute Gasteiger partial charge is 0.478 e. The number of aromatic carboxylic acids is 1. The highest BCUT2D eigenvalue weighted by atomic mass is 19.1. The highest BCUT2D eigenvalue weighted by Crippen LogP contribution is 2.13. The number of nitrogens with zero attached hydrogens (tertiary/aromatic N) is 3. The molecule has 1 aromatic heterocycles. The predicted octanol–water partition coefficient (Wildman–Crippen LogP) is 2.95. The minimum absolute atomic E-state index is 0.115. The second kappa shape index (κ2) is 7.97. The van der Waals surface area contributed by atoms with Gasteiger partial charge >= 0.3 is 5.97 Å². The Bertz CT molecular complexity index is 1110. The topological polar surface area (TPSA) is 107 Å². The molecule has 1 amide bonds. The zero-order chi connectivity index (χ0) is 20.1. The first-order valence-corrected chi connectivity index (χ1v) is 8.04. The quantitative estimate of drug-likeness (QED) is 0.527. The fourth-order valence-corrected chi connectivity index (χ4v) is 2.49. The van der Waals surface area contributed by atoms with Crippen molar-refractivity contribution in [3.05, 3.63) is 89.0 Å². The summed E-state index contributed by atoms with van der Waals surface area (Å²) < 4.78 is 15.6. The third-order valence-electron chi connectivity index (χ3n) is 3.88. The lowest BCUT2D eigenvalue weighted by molar-refractivity contribution is 0.0696. The lowest BCUT2D eigenvalue weighted by Crippen LogP contribution is -2.19. The Morgan fingerprint density at radius 3 is 2.57 bits per heavy atom. The molecule has 3 rings (SSSR count). The van der Waals surface area contributed by atoms with Crippen LogP contribution < -0.4 is 5.43 Å². The van der Waals surface area contributed by atoms with Crippen LogP contribution in [0.1, 0.15) is 32.0 Å². The van der Waals surface area contributed by atoms with E-state index in [0.29, 0.717) is 11.4 Å². The molecular formula is C20H13FN4O3. The van der Waals surface area contributed by atoms with Crippen molar-refractivity contribution in [1.82, 2.24) is 9.99 Å². The van der Waals surface area contributed by atoms with Gasteiger partial charge < -0.3 is 9.67 Å². The summed E-state index contributed by atoms with van der Waals surface area (Å²) in [6, 6.07) is 15.1. The zero-order valence-corrected chi connectivity index (χ0v) is 14.3. The average Bonchev–Trinajstić information content (AvgIpc) is 3.16. The van der Waals surface area contributed by atoms with Gasteiger partial charge in [0.1, 0.15) is 5.82 Å². The SMILES string of the molecule is N#Cc1ccc(C(=O)NN=Cc2cccn2-c2ccc(C(=O)O)cc2)c(F)c1. The highest BCUT2D eigenvalue weighted by Gasteiger charge is 2.11. The number of benzene rings is 2. The Morgan fingerprint density at radius 1 is 1.18 bits per heavy atom. The van der Waals surface area contributed by atoms with Crippen molar-refractivity contribution in [2.45, 2.75) is 0 Å². The summed E-state index contributed by atoms with van der Waals surface area (Å²) in [5, 5.41) is 21.5. The van der Waals surface area contributed by atoms with Gasteiger partial charge in [0.15, 0.2) is 0 Å². The van der Waals surface area contributed by atoms with Crippen molar-refractivity contribution < 1.29 is 19.1 Å². The van der Waals surface area contributed by atoms with Gasteiger partial charge in [-0.1, -0.05) is 0 Å². The van der Waals surface area contributed by atoms with Crippen molar-refractivity contribution in [1.29, 1.82) is 5.26 Å². The van der Waals surface area contributed by atoms with E-state index in [-0.39, 0.29) is 16.7 Å². The summed E-state index contributed by atoms with van der Waals surface area (Å²) in [6.45, 7) is 0. The minimum atomic E-state index is -1.02. The molecule has 0 unspecified atom stereocenters. The standard InChI is InChI=1S/C20H13FN4O3/c21-18-10-13(11-22)3-8-17(18)19(26)24-23-12-16-2-1-9-25(16)15-6-4-14(5-7-15)20(27)28/h1-10,12H,(H,24,26)(H,27,28). The van der Waals surface area contributed by atoms with Gasteiger partial charge in [0, 0.05) is 11.9 Å². The molecule has 0 saturated carbocycles. The monoisotopic (exact) mass is 376 g/mol. The third kappa shape index (κ3) is 3.94. The molecule has 1 heterocycles. The smallest absolute Gasteiger partial charge is 0.335 e. The number of aromatic nitrogens is 1. The van der Waals surface area contributed by atoms with Gasteiger partial charge in [-0.15, -0.1) is 0 Å². The molecule has 2 N–H and O–H groups in total. The number of amides is 1. The first-order valence-electron chi connectivity index (χ1n) is 8.04. The van der Waals surface area contributed by atoms with Crippen LogP contribution in [0.15, 0.2) is 65.9 Å². The predicted molar refractivity (Wildman–Crippen MR) is 98.9 cm³/mol. The first kappa shape index (κ1) is 18.5. The first-order chi connectivity index (χ1) is 13.5. The maximum absolute atomic E-state index is 13.9. The van der Waals surface area contributed by atoms with Gasteiger partial charge in [-0.2, -0.15) is 10.4 Å². The summed E-state index contributed by atoms with van der Waals surface area (Å²) in [6.07, 6.45) is 3.13. The molecule has 0 aliphatic rings. The maximum Gasteiger partial charge on any atom is 0.335 e. The number of hydrogen-bond acceptors (Lipinski definition) is 4. The second-order valence-electron chi connectivity index (χ2n) is 5.66. The number of nitriles is 1. The lowest BCUT2D eigenvalue weighted by atomic mass is 10.1. The number of carboxylic acid groups (broad SMARTS) is 1. The molecule has 3 aromatic rings. The molecule has 0 fully saturated rings. The number of hydrogen-bond donors (Lipinski definition) is 2. The Hall–Kier alpha value is -4.25. The van der Waals surface area contributed by atoms with E-state index in [9.17, 15) is 14.0 Å². The van der Waals surface area contributed by atoms with Crippen molar-refractivity contribution in [2.24, 2.45) is 5.10 Å². The van der Waals surface area contributed by atoms with E-state index in [1.165, 1.54) is 30.5 Å². The van der Waals surface area contributed by atoms with Crippen molar-refractivity contribution in [2.75, 3.05) is 0 Å². The lowest BCUT2D eigenvalue weighted by Gasteiger charge is -2.07. The number of nitrogens with one attached hydrogen (secondary N) is 1. The molecule has 8 heteroatoms. The van der Waals surface area contributed by atoms with E-state index < -0.39 is 17.7 Å². The number of carbonyl (C=O) groups excluding carboxylic acids is 1. The molecule has 0 radical (unpaired) electrons. The molecular weight excluding hydrogens is 363 g/mol. The normalized spacial score (nSPS) is 10.6. The number of hydrazone groups is 1. The number of carboxylic acids is 1. The minimum Gasteiger partial charge on any atom is -0.478 e. The Morgan fingerprint density at radius 2 is 1.93 bits per heavy atom. The zero-order valence-electron chi connectivity index (χ0n) is 14.3. The van der Waals surface area contributed by atoms with Crippen LogP contribution in [0.5, 0.6) is 0 Å². The van der Waals surface area contributed by atoms with Gasteiger partial charge in [-0.05, 0) is 54.6 Å². The van der Waals surface area contributed by atoms with Crippen molar-refractivity contribution in [3.8, 4) is 11.8 Å². The number of carbonyl (C=O) groups is 2. The molecule has 2 aromatic carbocycles. The van der Waals surface area contributed by atoms with Crippen LogP contribution in [0, 0.1) is 17.1 Å². The van der Waals surface area contributed by atoms with Crippen LogP contribution in [0.25, 0.3) is 5.69 Å². The van der Waals surface area contributed by atoms with E-state index in [1.807, 2.05) is 0 Å². The van der Waals surface area contributed by atoms with E-state index in [0.717, 1.165) is 6.07 Å². The van der Waals surface area contributed by atoms with Gasteiger partial charge in [0.25, 0.3) is 5.91 Å². The summed E-state index contributed by atoms with van der Waals surface area (Å²) in [5.41, 5.74) is 3.62. The molecule has 138 valence electrons. The van der Waals surface area contributed by atoms with Crippen LogP contribution in [-0.2, 0) is 0 Å². The molecule has 0 aliphatic heterocycles. The van der Waals surface area contributed by atoms with Gasteiger partial charge in [0.2, 0.25) is 0 Å². The molecule has 0 spiro atoms. The van der Waals surface area contributed by atoms with Crippen LogP contribution >= 0.6 is 0 Å². The molecule has 0 saturated heterocycles. The number of rotatable bonds is 5. The fourth-order valence-electron chi connectivity index (χ4n) is 2.49. The van der Waals surface area contributed by atoms with E-state index in [2.05, 4.69) is 10.5 Å². The van der Waals surface area contributed by atoms with E-state index in [4.69, 9.17) is 10.4 Å². The Kier molecular flexibility index (Phi) is 5.28. The van der Waals surface area contributed by atoms with Gasteiger partial charge in [-0.25, -0.2) is 14.6 Å². The molecule has 0 aliphatic carbocycles. The summed E-state index contributed by atoms with van der Waals surface area (Å²) in [5.74, 6) is -2.57. The van der Waals surface area contributed by atoms with Crippen LogP contribution in [0.4, 0.5) is 4.39 Å². The van der Waals surface area contributed by atoms with Gasteiger partial charge in [-0.3, -0.25) is 4.79 Å². The van der Waals surface area contributed by atoms with Crippen LogP contribution in [-0.4, -0.2) is 27.8 Å². The summed E-state index contributed by atoms with van der Waals surface area (Å²) >= 11 is 0. The summed E-state index contributed by atoms with van der Waals surface area (Å²) in [4.78, 5) is 23.0. The fraction of sp³-hybridized carbons (Fsp3) is 0. The third-order valence-corrected chi connectivity index (χ3v) is 3.88. The second-order valence-corrected chi connectivity index (χ2v) is 5.66.